The van der Waals surface area contributed by atoms with Crippen molar-refractivity contribution in [3.8, 4) is 0 Å². The highest BCUT2D eigenvalue weighted by Crippen LogP contribution is 2.01. The fourth-order valence-corrected chi connectivity index (χ4v) is 0.945. The van der Waals surface area contributed by atoms with E-state index in [1.807, 2.05) is 0 Å². The maximum absolute atomic E-state index is 10.1. The molecule has 0 rings (SSSR count). The Labute approximate surface area is 66.5 Å². The molecule has 0 unspecified atom stereocenters. The second-order valence-electron chi connectivity index (χ2n) is 2.07. The van der Waals surface area contributed by atoms with Crippen molar-refractivity contribution in [1.29, 1.82) is 0 Å². The third-order valence-electron chi connectivity index (χ3n) is 1.12. The molecule has 0 fully saturated rings. The molecule has 4 nitrogen and oxygen atoms in total. The van der Waals surface area contributed by atoms with Crippen molar-refractivity contribution in [2.75, 3.05) is 5.75 Å². The number of carboxylic acid groups (broad SMARTS) is 1. The molecule has 0 aliphatic carbocycles. The number of thiol groups is 1. The molecule has 0 amide bonds. The smallest absolute Gasteiger partial charge is 0.330 e. The van der Waals surface area contributed by atoms with E-state index in [2.05, 4.69) is 6.58 Å². The number of rotatable bonds is 5. The Morgan fingerprint density at radius 3 is 2.36 bits per heavy atom. The van der Waals surface area contributed by atoms with Crippen LogP contribution in [0.2, 0.25) is 0 Å². The van der Waals surface area contributed by atoms with Crippen LogP contribution in [0.1, 0.15) is 12.8 Å². The van der Waals surface area contributed by atoms with Crippen LogP contribution in [-0.4, -0.2) is 25.2 Å². The Bertz CT molecular complexity index is 221. The number of carbonyl (C=O) groups is 1. The summed E-state index contributed by atoms with van der Waals surface area (Å²) in [5.41, 5.74) is 0.0573. The van der Waals surface area contributed by atoms with E-state index in [0.717, 1.165) is 0 Å². The van der Waals surface area contributed by atoms with Gasteiger partial charge in [0.2, 0.25) is 0 Å². The van der Waals surface area contributed by atoms with Crippen LogP contribution in [-0.2, 0) is 15.5 Å². The van der Waals surface area contributed by atoms with E-state index < -0.39 is 16.7 Å². The summed E-state index contributed by atoms with van der Waals surface area (Å²) >= 11 is 0. The van der Waals surface area contributed by atoms with E-state index in [-0.39, 0.29) is 17.7 Å². The van der Waals surface area contributed by atoms with Crippen molar-refractivity contribution in [3.05, 3.63) is 12.2 Å². The minimum Gasteiger partial charge on any atom is -0.478 e. The summed E-state index contributed by atoms with van der Waals surface area (Å²) in [7, 11) is -2.38. The molecule has 0 saturated heterocycles. The molecule has 0 bridgehead atoms. The van der Waals surface area contributed by atoms with Gasteiger partial charge in [-0.15, -0.1) is 0 Å². The lowest BCUT2D eigenvalue weighted by atomic mass is 10.2. The molecule has 11 heavy (non-hydrogen) atoms. The van der Waals surface area contributed by atoms with Crippen LogP contribution in [0.3, 0.4) is 0 Å². The summed E-state index contributed by atoms with van der Waals surface area (Å²) in [5.74, 6) is -1.03. The number of hydrogen-bond acceptors (Lipinski definition) is 3. The van der Waals surface area contributed by atoms with Crippen molar-refractivity contribution in [3.63, 3.8) is 0 Å². The molecule has 0 aromatic rings. The summed E-state index contributed by atoms with van der Waals surface area (Å²) in [6, 6.07) is 0. The molecule has 0 aliphatic heterocycles. The first-order chi connectivity index (χ1) is 5.04. The zero-order valence-corrected chi connectivity index (χ0v) is 6.84. The fraction of sp³-hybridized carbons (Fsp3) is 0.500. The minimum atomic E-state index is -2.38. The Kier molecular flexibility index (Phi) is 4.52. The minimum absolute atomic E-state index is 0.0294. The van der Waals surface area contributed by atoms with Gasteiger partial charge < -0.3 is 5.11 Å². The second kappa shape index (κ2) is 4.90. The highest BCUT2D eigenvalue weighted by atomic mass is 32.2. The predicted molar refractivity (Wildman–Crippen MR) is 41.2 cm³/mol. The molecule has 0 spiro atoms. The van der Waals surface area contributed by atoms with Crippen molar-refractivity contribution >= 4 is 16.7 Å². The highest BCUT2D eigenvalue weighted by molar-refractivity contribution is 7.72. The third-order valence-corrected chi connectivity index (χ3v) is 1.80. The van der Waals surface area contributed by atoms with Crippen molar-refractivity contribution < 1.29 is 18.3 Å². The lowest BCUT2D eigenvalue weighted by molar-refractivity contribution is -0.132. The summed E-state index contributed by atoms with van der Waals surface area (Å²) in [6.45, 7) is 3.25. The Balaban J connectivity index is 3.55. The predicted octanol–water partition coefficient (Wildman–Crippen LogP) is 0.0188. The first kappa shape index (κ1) is 10.2. The van der Waals surface area contributed by atoms with Gasteiger partial charge in [0.1, 0.15) is 10.7 Å². The van der Waals surface area contributed by atoms with Gasteiger partial charge in [-0.2, -0.15) is 0 Å². The number of carboxylic acids is 1. The normalized spacial score (nSPS) is 9.91. The van der Waals surface area contributed by atoms with Crippen LogP contribution in [0.4, 0.5) is 0 Å². The van der Waals surface area contributed by atoms with Crippen LogP contribution >= 0.6 is 0 Å². The molecule has 0 aromatic carbocycles. The molecule has 0 heterocycles. The van der Waals surface area contributed by atoms with Gasteiger partial charge in [-0.3, -0.25) is 0 Å². The average Bonchev–Trinajstić information content (AvgIpc) is 1.86. The lowest BCUT2D eigenvalue weighted by Crippen LogP contribution is -2.00. The lowest BCUT2D eigenvalue weighted by Gasteiger charge is -1.95. The topological polar surface area (TPSA) is 71.4 Å². The van der Waals surface area contributed by atoms with Crippen LogP contribution < -0.4 is 0 Å². The Hall–Kier alpha value is -0.840. The first-order valence-corrected chi connectivity index (χ1v) is 4.43. The fourth-order valence-electron chi connectivity index (χ4n) is 0.528. The van der Waals surface area contributed by atoms with E-state index in [9.17, 15) is 13.2 Å². The molecule has 0 atom stereocenters. The first-order valence-electron chi connectivity index (χ1n) is 3.07. The highest BCUT2D eigenvalue weighted by Gasteiger charge is 2.02. The Morgan fingerprint density at radius 2 is 2.00 bits per heavy atom. The van der Waals surface area contributed by atoms with Gasteiger partial charge in [-0.25, -0.2) is 13.2 Å². The quantitative estimate of drug-likeness (QED) is 0.460. The van der Waals surface area contributed by atoms with Crippen LogP contribution in [0.5, 0.6) is 0 Å². The molecule has 1 N–H and O–H groups in total. The largest absolute Gasteiger partial charge is 0.478 e. The van der Waals surface area contributed by atoms with Crippen LogP contribution in [0.15, 0.2) is 12.2 Å². The SMILES string of the molecule is C=C(CCC[SH](=O)=O)C(=O)O. The average molecular weight is 178 g/mol. The molecule has 5 heteroatoms. The zero-order valence-electron chi connectivity index (χ0n) is 5.95. The number of hydrogen-bond donors (Lipinski definition) is 2. The van der Waals surface area contributed by atoms with Gasteiger partial charge in [0, 0.05) is 11.3 Å². The molecule has 0 saturated carbocycles. The molecular weight excluding hydrogens is 168 g/mol. The van der Waals surface area contributed by atoms with E-state index in [0.29, 0.717) is 6.42 Å². The van der Waals surface area contributed by atoms with Gasteiger partial charge >= 0.3 is 5.97 Å². The molecule has 0 aromatic heterocycles. The maximum atomic E-state index is 10.1. The van der Waals surface area contributed by atoms with Gasteiger partial charge in [-0.05, 0) is 12.8 Å². The second-order valence-corrected chi connectivity index (χ2v) is 3.18. The molecular formula is C6H10O4S. The monoisotopic (exact) mass is 178 g/mol. The van der Waals surface area contributed by atoms with Gasteiger partial charge in [0.15, 0.2) is 0 Å². The maximum Gasteiger partial charge on any atom is 0.330 e. The molecule has 0 radical (unpaired) electrons. The van der Waals surface area contributed by atoms with Gasteiger partial charge in [0.25, 0.3) is 0 Å². The van der Waals surface area contributed by atoms with Crippen LogP contribution in [0, 0.1) is 0 Å². The van der Waals surface area contributed by atoms with Crippen molar-refractivity contribution in [2.24, 2.45) is 0 Å². The van der Waals surface area contributed by atoms with Crippen LogP contribution in [0.25, 0.3) is 0 Å². The zero-order chi connectivity index (χ0) is 8.85. The standard InChI is InChI=1S/C6H10O4S/c1-5(6(7)8)3-2-4-11(9)10/h11H,1-4H2,(H,7,8). The van der Waals surface area contributed by atoms with Crippen molar-refractivity contribution in [2.45, 2.75) is 12.8 Å². The molecule has 64 valence electrons. The number of aliphatic carboxylic acids is 1. The van der Waals surface area contributed by atoms with E-state index >= 15 is 0 Å². The molecule has 0 aliphatic rings. The van der Waals surface area contributed by atoms with Gasteiger partial charge in [-0.1, -0.05) is 6.58 Å². The van der Waals surface area contributed by atoms with Gasteiger partial charge in [0.05, 0.1) is 0 Å². The summed E-state index contributed by atoms with van der Waals surface area (Å²) in [6.07, 6.45) is 0.572. The van der Waals surface area contributed by atoms with E-state index in [1.54, 1.807) is 0 Å². The third kappa shape index (κ3) is 5.60. The Morgan fingerprint density at radius 1 is 1.45 bits per heavy atom. The van der Waals surface area contributed by atoms with E-state index in [1.165, 1.54) is 0 Å². The summed E-state index contributed by atoms with van der Waals surface area (Å²) in [4.78, 5) is 10.1. The van der Waals surface area contributed by atoms with E-state index in [4.69, 9.17) is 5.11 Å². The van der Waals surface area contributed by atoms with Crippen molar-refractivity contribution in [1.82, 2.24) is 0 Å². The summed E-state index contributed by atoms with van der Waals surface area (Å²) in [5, 5.41) is 8.30. The summed E-state index contributed by atoms with van der Waals surface area (Å²) < 4.78 is 20.0.